The number of hydrogen-bond acceptors (Lipinski definition) is 5. The zero-order chi connectivity index (χ0) is 22.5. The number of hydrogen-bond donors (Lipinski definition) is 1. The molecule has 0 atom stereocenters. The fourth-order valence-electron chi connectivity index (χ4n) is 3.38. The van der Waals surface area contributed by atoms with E-state index in [1.165, 1.54) is 18.3 Å². The van der Waals surface area contributed by atoms with Gasteiger partial charge in [-0.3, -0.25) is 9.78 Å². The molecule has 1 aromatic carbocycles. The second-order valence-electron chi connectivity index (χ2n) is 7.40. The van der Waals surface area contributed by atoms with Crippen LogP contribution in [0.25, 0.3) is 0 Å². The lowest BCUT2D eigenvalue weighted by Crippen LogP contribution is -2.53. The Morgan fingerprint density at radius 3 is 2.56 bits per heavy atom. The van der Waals surface area contributed by atoms with E-state index in [1.807, 2.05) is 0 Å². The number of nitrogens with one attached hydrogen (secondary N) is 1. The lowest BCUT2D eigenvalue weighted by molar-refractivity contribution is 0.0632. The third kappa shape index (κ3) is 5.05. The minimum absolute atomic E-state index is 0.0839. The van der Waals surface area contributed by atoms with Crippen molar-refractivity contribution in [1.82, 2.24) is 20.1 Å². The molecule has 0 radical (unpaired) electrons. The van der Waals surface area contributed by atoms with Gasteiger partial charge < -0.3 is 24.3 Å². The molecule has 9 heteroatoms. The van der Waals surface area contributed by atoms with Crippen LogP contribution in [-0.4, -0.2) is 52.9 Å². The molecule has 0 unspecified atom stereocenters. The Morgan fingerprint density at radius 2 is 1.91 bits per heavy atom. The number of carbonyl (C=O) groups excluding carboxylic acids is 2. The number of piperazine rings is 1. The summed E-state index contributed by atoms with van der Waals surface area (Å²) < 4.78 is 25.2. The number of ether oxygens (including phenoxy) is 1. The van der Waals surface area contributed by atoms with E-state index in [-0.39, 0.29) is 24.2 Å². The van der Waals surface area contributed by atoms with Crippen LogP contribution in [0.2, 0.25) is 0 Å². The minimum Gasteiger partial charge on any atom is -0.456 e. The molecule has 3 amide bonds. The van der Waals surface area contributed by atoms with Gasteiger partial charge in [0.2, 0.25) is 0 Å². The fourth-order valence-corrected chi connectivity index (χ4v) is 3.38. The van der Waals surface area contributed by atoms with Crippen molar-refractivity contribution in [2.24, 2.45) is 0 Å². The number of furan rings is 1. The number of halogens is 1. The maximum atomic E-state index is 14.4. The average molecular weight is 438 g/mol. The van der Waals surface area contributed by atoms with Crippen LogP contribution in [0.15, 0.2) is 59.3 Å². The second-order valence-corrected chi connectivity index (χ2v) is 7.40. The van der Waals surface area contributed by atoms with Crippen LogP contribution in [0.1, 0.15) is 21.9 Å². The standard InChI is InChI=1S/C23H23FN4O4/c1-16-4-6-21(31-16)22(29)27-9-11-28(12-10-27)23(30)26-14-17-5-7-20(19(24)13-17)32-18-3-2-8-25-15-18/h2-8,13,15H,9-12,14H2,1H3,(H,26,30). The molecule has 2 aromatic heterocycles. The van der Waals surface area contributed by atoms with Gasteiger partial charge in [-0.2, -0.15) is 0 Å². The third-order valence-corrected chi connectivity index (χ3v) is 5.11. The topological polar surface area (TPSA) is 87.9 Å². The van der Waals surface area contributed by atoms with Gasteiger partial charge in [-0.1, -0.05) is 6.07 Å². The number of carbonyl (C=O) groups is 2. The first kappa shape index (κ1) is 21.4. The first-order valence-corrected chi connectivity index (χ1v) is 10.2. The summed E-state index contributed by atoms with van der Waals surface area (Å²) >= 11 is 0. The molecular formula is C23H23FN4O4. The summed E-state index contributed by atoms with van der Waals surface area (Å²) in [5.74, 6) is 0.800. The highest BCUT2D eigenvalue weighted by atomic mass is 19.1. The van der Waals surface area contributed by atoms with Crippen molar-refractivity contribution < 1.29 is 23.1 Å². The third-order valence-electron chi connectivity index (χ3n) is 5.11. The number of rotatable bonds is 5. The van der Waals surface area contributed by atoms with Crippen molar-refractivity contribution >= 4 is 11.9 Å². The summed E-state index contributed by atoms with van der Waals surface area (Å²) in [6.07, 6.45) is 3.10. The highest BCUT2D eigenvalue weighted by Crippen LogP contribution is 2.24. The molecule has 0 bridgehead atoms. The van der Waals surface area contributed by atoms with Crippen LogP contribution in [0.4, 0.5) is 9.18 Å². The molecular weight excluding hydrogens is 415 g/mol. The van der Waals surface area contributed by atoms with E-state index >= 15 is 0 Å². The molecule has 1 aliphatic heterocycles. The van der Waals surface area contributed by atoms with Gasteiger partial charge in [-0.15, -0.1) is 0 Å². The zero-order valence-corrected chi connectivity index (χ0v) is 17.6. The highest BCUT2D eigenvalue weighted by molar-refractivity contribution is 5.91. The lowest BCUT2D eigenvalue weighted by atomic mass is 10.2. The average Bonchev–Trinajstić information content (AvgIpc) is 3.25. The van der Waals surface area contributed by atoms with Gasteiger partial charge in [0.1, 0.15) is 11.5 Å². The Labute approximate surface area is 184 Å². The number of aryl methyl sites for hydroxylation is 1. The molecule has 0 aliphatic carbocycles. The molecule has 1 saturated heterocycles. The van der Waals surface area contributed by atoms with Crippen LogP contribution >= 0.6 is 0 Å². The summed E-state index contributed by atoms with van der Waals surface area (Å²) in [7, 11) is 0. The second kappa shape index (κ2) is 9.51. The van der Waals surface area contributed by atoms with Crippen molar-refractivity contribution in [2.75, 3.05) is 26.2 Å². The van der Waals surface area contributed by atoms with Gasteiger partial charge in [0.25, 0.3) is 5.91 Å². The Kier molecular flexibility index (Phi) is 6.34. The predicted molar refractivity (Wildman–Crippen MR) is 114 cm³/mol. The molecule has 1 aliphatic rings. The van der Waals surface area contributed by atoms with Crippen LogP contribution in [0.3, 0.4) is 0 Å². The summed E-state index contributed by atoms with van der Waals surface area (Å²) in [6.45, 7) is 3.61. The molecule has 3 aromatic rings. The Hall–Kier alpha value is -3.88. The Balaban J connectivity index is 1.26. The maximum Gasteiger partial charge on any atom is 0.317 e. The van der Waals surface area contributed by atoms with Gasteiger partial charge >= 0.3 is 6.03 Å². The van der Waals surface area contributed by atoms with Crippen LogP contribution in [0.5, 0.6) is 11.5 Å². The molecule has 166 valence electrons. The normalized spacial score (nSPS) is 13.7. The summed E-state index contributed by atoms with van der Waals surface area (Å²) in [5, 5.41) is 2.79. The van der Waals surface area contributed by atoms with Crippen molar-refractivity contribution in [3.8, 4) is 11.5 Å². The molecule has 0 saturated carbocycles. The first-order chi connectivity index (χ1) is 15.5. The fraction of sp³-hybridized carbons (Fsp3) is 0.261. The lowest BCUT2D eigenvalue weighted by Gasteiger charge is -2.34. The highest BCUT2D eigenvalue weighted by Gasteiger charge is 2.26. The van der Waals surface area contributed by atoms with Gasteiger partial charge in [-0.25, -0.2) is 9.18 Å². The number of aromatic nitrogens is 1. The number of amides is 3. The van der Waals surface area contributed by atoms with E-state index in [0.717, 1.165) is 0 Å². The number of nitrogens with zero attached hydrogens (tertiary/aromatic N) is 3. The SMILES string of the molecule is Cc1ccc(C(=O)N2CCN(C(=O)NCc3ccc(Oc4cccnc4)c(F)c3)CC2)o1. The Morgan fingerprint density at radius 1 is 1.12 bits per heavy atom. The zero-order valence-electron chi connectivity index (χ0n) is 17.6. The van der Waals surface area contributed by atoms with Crippen molar-refractivity contribution in [3.05, 3.63) is 77.8 Å². The van der Waals surface area contributed by atoms with Gasteiger partial charge in [0.15, 0.2) is 17.3 Å². The molecule has 3 heterocycles. The van der Waals surface area contributed by atoms with Gasteiger partial charge in [0.05, 0.1) is 6.20 Å². The monoisotopic (exact) mass is 438 g/mol. The van der Waals surface area contributed by atoms with E-state index in [1.54, 1.807) is 53.3 Å². The molecule has 0 spiro atoms. The van der Waals surface area contributed by atoms with E-state index in [9.17, 15) is 14.0 Å². The van der Waals surface area contributed by atoms with Gasteiger partial charge in [-0.05, 0) is 48.9 Å². The molecule has 8 nitrogen and oxygen atoms in total. The van der Waals surface area contributed by atoms with Crippen molar-refractivity contribution in [3.63, 3.8) is 0 Å². The van der Waals surface area contributed by atoms with Crippen LogP contribution in [-0.2, 0) is 6.54 Å². The van der Waals surface area contributed by atoms with Crippen molar-refractivity contribution in [1.29, 1.82) is 0 Å². The summed E-state index contributed by atoms with van der Waals surface area (Å²) in [6, 6.07) is 11.1. The van der Waals surface area contributed by atoms with E-state index < -0.39 is 5.82 Å². The molecule has 4 rings (SSSR count). The quantitative estimate of drug-likeness (QED) is 0.658. The molecule has 32 heavy (non-hydrogen) atoms. The minimum atomic E-state index is -0.527. The summed E-state index contributed by atoms with van der Waals surface area (Å²) in [4.78, 5) is 32.1. The number of urea groups is 1. The molecule has 1 N–H and O–H groups in total. The van der Waals surface area contributed by atoms with E-state index in [0.29, 0.717) is 49.0 Å². The van der Waals surface area contributed by atoms with E-state index in [2.05, 4.69) is 10.3 Å². The maximum absolute atomic E-state index is 14.4. The predicted octanol–water partition coefficient (Wildman–Crippen LogP) is 3.58. The smallest absolute Gasteiger partial charge is 0.317 e. The Bertz CT molecular complexity index is 1090. The summed E-state index contributed by atoms with van der Waals surface area (Å²) in [5.41, 5.74) is 0.608. The van der Waals surface area contributed by atoms with Crippen molar-refractivity contribution in [2.45, 2.75) is 13.5 Å². The largest absolute Gasteiger partial charge is 0.456 e. The number of pyridine rings is 1. The van der Waals surface area contributed by atoms with Crippen LogP contribution in [0, 0.1) is 12.7 Å². The molecule has 1 fully saturated rings. The van der Waals surface area contributed by atoms with E-state index in [4.69, 9.17) is 9.15 Å². The van der Waals surface area contributed by atoms with Gasteiger partial charge in [0, 0.05) is 38.9 Å². The van der Waals surface area contributed by atoms with Crippen LogP contribution < -0.4 is 10.1 Å². The number of benzene rings is 1. The first-order valence-electron chi connectivity index (χ1n) is 10.2.